The summed E-state index contributed by atoms with van der Waals surface area (Å²) in [6, 6.07) is 10.6. The maximum atomic E-state index is 12.7. The number of ketones is 2. The highest BCUT2D eigenvalue weighted by atomic mass is 16.1. The summed E-state index contributed by atoms with van der Waals surface area (Å²) in [5, 5.41) is 0. The van der Waals surface area contributed by atoms with Crippen LogP contribution in [0.15, 0.2) is 30.3 Å². The first-order valence-electron chi connectivity index (χ1n) is 9.40. The third kappa shape index (κ3) is 4.11. The predicted molar refractivity (Wildman–Crippen MR) is 101 cm³/mol. The minimum atomic E-state index is 0.0146. The number of rotatable bonds is 6. The Morgan fingerprint density at radius 2 is 1.62 bits per heavy atom. The van der Waals surface area contributed by atoms with Gasteiger partial charge in [0.1, 0.15) is 39.3 Å². The number of carbonyl (C=O) groups excluding carboxylic acids is 2. The molecule has 0 atom stereocenters. The number of nitrogens with one attached hydrogen (secondary N) is 3. The topological polar surface area (TPSA) is 58.8 Å². The van der Waals surface area contributed by atoms with E-state index in [1.54, 1.807) is 11.8 Å². The smallest absolute Gasteiger partial charge is 0.233 e. The molecule has 0 unspecified atom stereocenters. The highest BCUT2D eigenvalue weighted by Crippen LogP contribution is 2.18. The summed E-state index contributed by atoms with van der Waals surface area (Å²) in [5.74, 6) is 0.125. The van der Waals surface area contributed by atoms with Crippen molar-refractivity contribution in [3.05, 3.63) is 58.4 Å². The lowest BCUT2D eigenvalue weighted by atomic mass is 10.1. The van der Waals surface area contributed by atoms with E-state index < -0.39 is 0 Å². The first kappa shape index (κ1) is 18.5. The van der Waals surface area contributed by atoms with Gasteiger partial charge in [-0.05, 0) is 26.3 Å². The Labute approximate surface area is 155 Å². The average Bonchev–Trinajstić information content (AvgIpc) is 2.92. The molecule has 0 amide bonds. The Morgan fingerprint density at radius 3 is 2.19 bits per heavy atom. The van der Waals surface area contributed by atoms with Crippen LogP contribution in [0.2, 0.25) is 0 Å². The fraction of sp³-hybridized carbons (Fsp3) is 0.429. The molecule has 1 aliphatic heterocycles. The summed E-state index contributed by atoms with van der Waals surface area (Å²) < 4.78 is 0. The third-order valence-corrected chi connectivity index (χ3v) is 5.44. The van der Waals surface area contributed by atoms with Crippen LogP contribution >= 0.6 is 0 Å². The Kier molecular flexibility index (Phi) is 5.69. The SMILES string of the molecule is CC(=O)c1c(C)[nH]c(C(=O)C[NH+]2CC[NH+](Cc3ccccc3)CC2)c1C. The van der Waals surface area contributed by atoms with Crippen molar-refractivity contribution in [1.29, 1.82) is 0 Å². The first-order chi connectivity index (χ1) is 12.5. The van der Waals surface area contributed by atoms with Gasteiger partial charge < -0.3 is 14.8 Å². The lowest BCUT2D eigenvalue weighted by Gasteiger charge is -2.29. The summed E-state index contributed by atoms with van der Waals surface area (Å²) in [5.41, 5.74) is 4.24. The highest BCUT2D eigenvalue weighted by molar-refractivity contribution is 6.03. The van der Waals surface area contributed by atoms with Crippen LogP contribution in [-0.2, 0) is 6.54 Å². The zero-order valence-corrected chi connectivity index (χ0v) is 15.9. The molecule has 0 bridgehead atoms. The van der Waals surface area contributed by atoms with E-state index in [2.05, 4.69) is 29.2 Å². The molecular formula is C21H29N3O2+2. The Hall–Kier alpha value is -2.24. The van der Waals surface area contributed by atoms with Crippen molar-refractivity contribution in [2.45, 2.75) is 27.3 Å². The summed E-state index contributed by atoms with van der Waals surface area (Å²) >= 11 is 0. The summed E-state index contributed by atoms with van der Waals surface area (Å²) in [6.07, 6.45) is 0. The number of hydrogen-bond donors (Lipinski definition) is 3. The van der Waals surface area contributed by atoms with Gasteiger partial charge in [-0.1, -0.05) is 30.3 Å². The van der Waals surface area contributed by atoms with Crippen molar-refractivity contribution < 1.29 is 19.4 Å². The highest BCUT2D eigenvalue weighted by Gasteiger charge is 2.27. The minimum absolute atomic E-state index is 0.0146. The number of carbonyl (C=O) groups is 2. The molecule has 2 heterocycles. The van der Waals surface area contributed by atoms with Gasteiger partial charge in [0.25, 0.3) is 0 Å². The van der Waals surface area contributed by atoms with Crippen molar-refractivity contribution >= 4 is 11.6 Å². The number of H-pyrrole nitrogens is 1. The van der Waals surface area contributed by atoms with Crippen LogP contribution in [0, 0.1) is 13.8 Å². The Bertz CT molecular complexity index is 787. The van der Waals surface area contributed by atoms with Crippen molar-refractivity contribution in [2.24, 2.45) is 0 Å². The Morgan fingerprint density at radius 1 is 1.00 bits per heavy atom. The van der Waals surface area contributed by atoms with Crippen LogP contribution in [0.5, 0.6) is 0 Å². The van der Waals surface area contributed by atoms with Crippen molar-refractivity contribution in [3.8, 4) is 0 Å². The van der Waals surface area contributed by atoms with Crippen molar-refractivity contribution in [3.63, 3.8) is 0 Å². The molecule has 138 valence electrons. The molecule has 2 aromatic rings. The first-order valence-corrected chi connectivity index (χ1v) is 9.40. The van der Waals surface area contributed by atoms with Crippen molar-refractivity contribution in [2.75, 3.05) is 32.7 Å². The minimum Gasteiger partial charge on any atom is -0.355 e. The summed E-state index contributed by atoms with van der Waals surface area (Å²) in [7, 11) is 0. The van der Waals surface area contributed by atoms with Crippen LogP contribution in [0.3, 0.4) is 0 Å². The van der Waals surface area contributed by atoms with Crippen LogP contribution in [0.25, 0.3) is 0 Å². The van der Waals surface area contributed by atoms with Gasteiger partial charge in [-0.15, -0.1) is 0 Å². The number of aromatic nitrogens is 1. The largest absolute Gasteiger partial charge is 0.355 e. The molecule has 3 N–H and O–H groups in total. The van der Waals surface area contributed by atoms with E-state index in [1.807, 2.05) is 19.9 Å². The number of Topliss-reactive ketones (excluding diaryl/α,β-unsaturated/α-hetero) is 2. The number of quaternary nitrogens is 2. The molecule has 1 aliphatic rings. The van der Waals surface area contributed by atoms with Gasteiger partial charge in [0.15, 0.2) is 5.78 Å². The number of aryl methyl sites for hydroxylation is 1. The average molecular weight is 355 g/mol. The van der Waals surface area contributed by atoms with E-state index in [4.69, 9.17) is 0 Å². The quantitative estimate of drug-likeness (QED) is 0.639. The second-order valence-electron chi connectivity index (χ2n) is 7.44. The molecule has 26 heavy (non-hydrogen) atoms. The van der Waals surface area contributed by atoms with E-state index in [0.29, 0.717) is 17.8 Å². The lowest BCUT2D eigenvalue weighted by Crippen LogP contribution is -3.27. The van der Waals surface area contributed by atoms with Crippen LogP contribution in [-0.4, -0.2) is 49.3 Å². The van der Waals surface area contributed by atoms with Crippen LogP contribution < -0.4 is 9.80 Å². The van der Waals surface area contributed by atoms with Crippen LogP contribution in [0.1, 0.15) is 44.6 Å². The van der Waals surface area contributed by atoms with Crippen molar-refractivity contribution in [1.82, 2.24) is 4.98 Å². The molecule has 1 aromatic carbocycles. The Balaban J connectivity index is 1.55. The zero-order valence-electron chi connectivity index (χ0n) is 15.9. The number of aromatic amines is 1. The molecule has 1 fully saturated rings. The van der Waals surface area contributed by atoms with Gasteiger partial charge in [-0.3, -0.25) is 9.59 Å². The fourth-order valence-corrected chi connectivity index (χ4v) is 4.07. The maximum Gasteiger partial charge on any atom is 0.233 e. The third-order valence-electron chi connectivity index (χ3n) is 5.44. The van der Waals surface area contributed by atoms with Gasteiger partial charge in [0.05, 0.1) is 5.69 Å². The second-order valence-corrected chi connectivity index (χ2v) is 7.44. The monoisotopic (exact) mass is 355 g/mol. The predicted octanol–water partition coefficient (Wildman–Crippen LogP) is 0.000440. The van der Waals surface area contributed by atoms with Gasteiger partial charge in [-0.25, -0.2) is 0 Å². The van der Waals surface area contributed by atoms with E-state index in [9.17, 15) is 9.59 Å². The summed E-state index contributed by atoms with van der Waals surface area (Å²) in [4.78, 5) is 30.5. The molecule has 1 aromatic heterocycles. The fourth-order valence-electron chi connectivity index (χ4n) is 4.07. The molecular weight excluding hydrogens is 326 g/mol. The van der Waals surface area contributed by atoms with E-state index in [0.717, 1.165) is 44.0 Å². The number of benzene rings is 1. The standard InChI is InChI=1S/C21H27N3O2/c1-15-20(17(3)25)16(2)22-21(15)19(26)14-24-11-9-23(10-12-24)13-18-7-5-4-6-8-18/h4-8,22H,9-14H2,1-3H3/p+2. The molecule has 3 rings (SSSR count). The molecule has 0 saturated carbocycles. The van der Waals surface area contributed by atoms with E-state index >= 15 is 0 Å². The summed E-state index contributed by atoms with van der Waals surface area (Å²) in [6.45, 7) is 11.0. The van der Waals surface area contributed by atoms with E-state index in [-0.39, 0.29) is 11.6 Å². The molecule has 0 radical (unpaired) electrons. The molecule has 1 saturated heterocycles. The number of hydrogen-bond acceptors (Lipinski definition) is 2. The number of piperazine rings is 1. The molecule has 0 aliphatic carbocycles. The lowest BCUT2D eigenvalue weighted by molar-refractivity contribution is -1.01. The van der Waals surface area contributed by atoms with Gasteiger partial charge in [0, 0.05) is 16.8 Å². The maximum absolute atomic E-state index is 12.7. The second kappa shape index (κ2) is 7.98. The zero-order chi connectivity index (χ0) is 18.7. The molecule has 5 nitrogen and oxygen atoms in total. The van der Waals surface area contributed by atoms with Gasteiger partial charge >= 0.3 is 0 Å². The van der Waals surface area contributed by atoms with E-state index in [1.165, 1.54) is 10.5 Å². The van der Waals surface area contributed by atoms with Gasteiger partial charge in [0.2, 0.25) is 5.78 Å². The molecule has 5 heteroatoms. The molecule has 0 spiro atoms. The van der Waals surface area contributed by atoms with Gasteiger partial charge in [-0.2, -0.15) is 0 Å². The normalized spacial score (nSPS) is 20.1. The van der Waals surface area contributed by atoms with Crippen LogP contribution in [0.4, 0.5) is 0 Å².